The van der Waals surface area contributed by atoms with E-state index in [1.165, 1.54) is 36.5 Å². The summed E-state index contributed by atoms with van der Waals surface area (Å²) in [4.78, 5) is 47.3. The number of anilines is 2. The number of carbonyl (C=O) groups excluding carboxylic acids is 1. The average molecular weight is 562 g/mol. The quantitative estimate of drug-likeness (QED) is 0.299. The van der Waals surface area contributed by atoms with Crippen molar-refractivity contribution in [2.45, 2.75) is 37.3 Å². The molecule has 2 saturated heterocycles. The molecule has 0 radical (unpaired) electrons. The molecule has 3 heterocycles. The third kappa shape index (κ3) is 6.75. The first kappa shape index (κ1) is 27.1. The smallest absolute Gasteiger partial charge is 0.346 e. The van der Waals surface area contributed by atoms with Gasteiger partial charge in [0.2, 0.25) is 0 Å². The van der Waals surface area contributed by atoms with Gasteiger partial charge in [0.25, 0.3) is 0 Å². The lowest BCUT2D eigenvalue weighted by Crippen LogP contribution is -2.35. The van der Waals surface area contributed by atoms with E-state index in [0.29, 0.717) is 12.1 Å². The van der Waals surface area contributed by atoms with Crippen LogP contribution in [-0.4, -0.2) is 56.6 Å². The van der Waals surface area contributed by atoms with Crippen LogP contribution in [0.15, 0.2) is 71.7 Å². The molecule has 4 N–H and O–H groups in total. The Labute approximate surface area is 220 Å². The number of nitrogens with one attached hydrogen (secondary N) is 2. The fraction of sp³-hybridized carbons (Fsp3) is 0.292. The van der Waals surface area contributed by atoms with E-state index in [4.69, 9.17) is 24.0 Å². The van der Waals surface area contributed by atoms with Gasteiger partial charge in [-0.05, 0) is 35.9 Å². The SMILES string of the molecule is O=C(Nc1ccc(F)cc1)Nc1ccn([C@@H]2O[C@H](COP(=O)(O)O)[C@H]3O[C@@H](Cc4ccccc4)O[C@H]32)c(=O)n1. The Hall–Kier alpha value is -3.49. The molecule has 15 heteroatoms. The van der Waals surface area contributed by atoms with Crippen molar-refractivity contribution in [3.8, 4) is 0 Å². The van der Waals surface area contributed by atoms with E-state index >= 15 is 0 Å². The van der Waals surface area contributed by atoms with Crippen LogP contribution in [-0.2, 0) is 29.7 Å². The standard InChI is InChI=1S/C24H24FN4O9P/c25-15-6-8-16(9-7-15)26-23(30)27-18-10-11-29(24(31)28-18)22-21-20(17(36-22)13-35-39(32,33)34)37-19(38-21)12-14-4-2-1-3-5-14/h1-11,17,19-22H,12-13H2,(H2,32,33,34)(H2,26,27,28,30,31)/t17-,19-,20-,21-,22-/m1/s1. The highest BCUT2D eigenvalue weighted by Gasteiger charge is 2.54. The number of carbonyl (C=O) groups is 1. The van der Waals surface area contributed by atoms with Gasteiger partial charge < -0.3 is 29.3 Å². The Balaban J connectivity index is 1.30. The van der Waals surface area contributed by atoms with Gasteiger partial charge in [-0.3, -0.25) is 14.4 Å². The van der Waals surface area contributed by atoms with Crippen LogP contribution in [0.25, 0.3) is 0 Å². The number of phosphoric ester groups is 1. The molecule has 0 bridgehead atoms. The highest BCUT2D eigenvalue weighted by molar-refractivity contribution is 7.46. The lowest BCUT2D eigenvalue weighted by molar-refractivity contribution is -0.150. The second kappa shape index (κ2) is 11.3. The van der Waals surface area contributed by atoms with Gasteiger partial charge >= 0.3 is 19.5 Å². The summed E-state index contributed by atoms with van der Waals surface area (Å²) in [5.41, 5.74) is 0.487. The third-order valence-corrected chi connectivity index (χ3v) is 6.49. The number of halogens is 1. The zero-order valence-corrected chi connectivity index (χ0v) is 21.0. The summed E-state index contributed by atoms with van der Waals surface area (Å²) in [6.45, 7) is -0.505. The molecule has 13 nitrogen and oxygen atoms in total. The molecule has 2 aliphatic rings. The Morgan fingerprint density at radius 2 is 1.74 bits per heavy atom. The largest absolute Gasteiger partial charge is 0.469 e. The van der Waals surface area contributed by atoms with Crippen molar-refractivity contribution >= 4 is 25.4 Å². The number of benzene rings is 2. The summed E-state index contributed by atoms with van der Waals surface area (Å²) in [6, 6.07) is 15.2. The molecule has 3 aromatic rings. The number of phosphoric acid groups is 1. The lowest BCUT2D eigenvalue weighted by atomic mass is 10.1. The molecule has 206 valence electrons. The van der Waals surface area contributed by atoms with Crippen LogP contribution in [0.5, 0.6) is 0 Å². The van der Waals surface area contributed by atoms with Crippen LogP contribution in [0.1, 0.15) is 11.8 Å². The molecule has 2 fully saturated rings. The maximum Gasteiger partial charge on any atom is 0.469 e. The maximum absolute atomic E-state index is 13.1. The summed E-state index contributed by atoms with van der Waals surface area (Å²) in [7, 11) is -4.80. The van der Waals surface area contributed by atoms with Crippen molar-refractivity contribution in [3.05, 3.63) is 88.7 Å². The number of amides is 2. The topological polar surface area (TPSA) is 170 Å². The van der Waals surface area contributed by atoms with E-state index in [1.807, 2.05) is 30.3 Å². The molecule has 2 amide bonds. The van der Waals surface area contributed by atoms with Crippen molar-refractivity contribution in [3.63, 3.8) is 0 Å². The van der Waals surface area contributed by atoms with Crippen LogP contribution in [0.3, 0.4) is 0 Å². The van der Waals surface area contributed by atoms with Crippen molar-refractivity contribution in [2.75, 3.05) is 17.2 Å². The number of ether oxygens (including phenoxy) is 3. The van der Waals surface area contributed by atoms with Gasteiger partial charge in [0.1, 0.15) is 29.9 Å². The number of hydrogen-bond acceptors (Lipinski definition) is 8. The summed E-state index contributed by atoms with van der Waals surface area (Å²) < 4.78 is 48.0. The number of rotatable bonds is 8. The fourth-order valence-electron chi connectivity index (χ4n) is 4.32. The zero-order chi connectivity index (χ0) is 27.6. The monoisotopic (exact) mass is 562 g/mol. The van der Waals surface area contributed by atoms with Crippen LogP contribution < -0.4 is 16.3 Å². The first-order valence-corrected chi connectivity index (χ1v) is 13.3. The van der Waals surface area contributed by atoms with Gasteiger partial charge in [0, 0.05) is 18.3 Å². The minimum absolute atomic E-state index is 0.0580. The zero-order valence-electron chi connectivity index (χ0n) is 20.1. The normalized spacial score (nSPS) is 24.3. The number of fused-ring (bicyclic) bond motifs is 1. The first-order valence-electron chi connectivity index (χ1n) is 11.8. The number of urea groups is 1. The molecule has 2 aliphatic heterocycles. The van der Waals surface area contributed by atoms with Gasteiger partial charge in [-0.2, -0.15) is 4.98 Å². The predicted octanol–water partition coefficient (Wildman–Crippen LogP) is 2.39. The van der Waals surface area contributed by atoms with Crippen LogP contribution in [0.4, 0.5) is 20.7 Å². The molecule has 2 aromatic carbocycles. The Morgan fingerprint density at radius 3 is 2.44 bits per heavy atom. The molecule has 39 heavy (non-hydrogen) atoms. The van der Waals surface area contributed by atoms with E-state index in [2.05, 4.69) is 20.1 Å². The molecule has 0 aliphatic carbocycles. The van der Waals surface area contributed by atoms with Gasteiger partial charge in [-0.25, -0.2) is 18.5 Å². The van der Waals surface area contributed by atoms with Crippen LogP contribution in [0, 0.1) is 5.82 Å². The summed E-state index contributed by atoms with van der Waals surface area (Å²) in [6.07, 6.45) is -2.59. The number of nitrogens with zero attached hydrogens (tertiary/aromatic N) is 2. The molecule has 0 unspecified atom stereocenters. The third-order valence-electron chi connectivity index (χ3n) is 6.00. The maximum atomic E-state index is 13.1. The fourth-order valence-corrected chi connectivity index (χ4v) is 4.66. The van der Waals surface area contributed by atoms with Crippen molar-refractivity contribution in [1.29, 1.82) is 0 Å². The molecule has 0 spiro atoms. The minimum atomic E-state index is -4.80. The number of aromatic nitrogens is 2. The minimum Gasteiger partial charge on any atom is -0.346 e. The Morgan fingerprint density at radius 1 is 1.03 bits per heavy atom. The molecule has 0 saturated carbocycles. The molecule has 5 rings (SSSR count). The van der Waals surface area contributed by atoms with Crippen molar-refractivity contribution < 1.29 is 42.3 Å². The molecule has 1 aromatic heterocycles. The van der Waals surface area contributed by atoms with Gasteiger partial charge in [-0.15, -0.1) is 0 Å². The number of hydrogen-bond donors (Lipinski definition) is 4. The van der Waals surface area contributed by atoms with Gasteiger partial charge in [0.05, 0.1) is 6.61 Å². The van der Waals surface area contributed by atoms with E-state index in [-0.39, 0.29) is 5.82 Å². The predicted molar refractivity (Wildman–Crippen MR) is 133 cm³/mol. The Kier molecular flexibility index (Phi) is 7.86. The van der Waals surface area contributed by atoms with Crippen LogP contribution in [0.2, 0.25) is 0 Å². The van der Waals surface area contributed by atoms with E-state index in [1.54, 1.807) is 0 Å². The summed E-state index contributed by atoms with van der Waals surface area (Å²) in [5, 5.41) is 4.91. The van der Waals surface area contributed by atoms with Crippen LogP contribution >= 0.6 is 7.82 Å². The summed E-state index contributed by atoms with van der Waals surface area (Å²) in [5.74, 6) is -0.515. The second-order valence-corrected chi connectivity index (χ2v) is 10.0. The molecular formula is C24H24FN4O9P. The van der Waals surface area contributed by atoms with E-state index in [9.17, 15) is 18.5 Å². The molecular weight excluding hydrogens is 538 g/mol. The van der Waals surface area contributed by atoms with E-state index in [0.717, 1.165) is 10.1 Å². The van der Waals surface area contributed by atoms with Gasteiger partial charge in [-0.1, -0.05) is 30.3 Å². The molecule has 5 atom stereocenters. The Bertz CT molecular complexity index is 1420. The van der Waals surface area contributed by atoms with Crippen molar-refractivity contribution in [1.82, 2.24) is 9.55 Å². The lowest BCUT2D eigenvalue weighted by Gasteiger charge is -2.21. The average Bonchev–Trinajstić information content (AvgIpc) is 3.43. The highest BCUT2D eigenvalue weighted by Crippen LogP contribution is 2.42. The summed E-state index contributed by atoms with van der Waals surface area (Å²) >= 11 is 0. The highest BCUT2D eigenvalue weighted by atomic mass is 31.2. The first-order chi connectivity index (χ1) is 18.6. The van der Waals surface area contributed by atoms with Crippen molar-refractivity contribution in [2.24, 2.45) is 0 Å². The second-order valence-electron chi connectivity index (χ2n) is 8.76. The van der Waals surface area contributed by atoms with E-state index < -0.39 is 62.8 Å². The van der Waals surface area contributed by atoms with Gasteiger partial charge in [0.15, 0.2) is 12.5 Å².